The normalized spacial score (nSPS) is 10.2. The van der Waals surface area contributed by atoms with Crippen LogP contribution in [0.25, 0.3) is 0 Å². The van der Waals surface area contributed by atoms with E-state index in [1.54, 1.807) is 6.20 Å². The van der Waals surface area contributed by atoms with Crippen molar-refractivity contribution in [2.45, 2.75) is 20.1 Å². The number of pyridine rings is 1. The van der Waals surface area contributed by atoms with Crippen LogP contribution in [-0.4, -0.2) is 11.6 Å². The fourth-order valence-corrected chi connectivity index (χ4v) is 1.64. The standard InChI is InChI=1S/C15H18N2O2/c1-2-18-14-4-3-5-15(8-14)19-11-13-7-6-12(9-16)10-17-13/h3-8,10H,2,9,11,16H2,1H3. The van der Waals surface area contributed by atoms with Gasteiger partial charge >= 0.3 is 0 Å². The Morgan fingerprint density at radius 3 is 2.53 bits per heavy atom. The van der Waals surface area contributed by atoms with Crippen molar-refractivity contribution in [3.05, 3.63) is 53.9 Å². The van der Waals surface area contributed by atoms with Crippen molar-refractivity contribution in [1.29, 1.82) is 0 Å². The third-order valence-corrected chi connectivity index (χ3v) is 2.62. The molecule has 0 aliphatic rings. The Balaban J connectivity index is 1.95. The lowest BCUT2D eigenvalue weighted by molar-refractivity contribution is 0.295. The number of hydrogen-bond acceptors (Lipinski definition) is 4. The molecule has 4 heteroatoms. The zero-order valence-electron chi connectivity index (χ0n) is 11.0. The number of nitrogens with two attached hydrogens (primary N) is 1. The van der Waals surface area contributed by atoms with E-state index in [0.717, 1.165) is 22.8 Å². The van der Waals surface area contributed by atoms with Crippen LogP contribution >= 0.6 is 0 Å². The first-order valence-corrected chi connectivity index (χ1v) is 6.31. The zero-order valence-corrected chi connectivity index (χ0v) is 11.0. The Labute approximate surface area is 113 Å². The molecule has 1 heterocycles. The summed E-state index contributed by atoms with van der Waals surface area (Å²) in [6.07, 6.45) is 1.77. The van der Waals surface area contributed by atoms with Gasteiger partial charge in [-0.2, -0.15) is 0 Å². The van der Waals surface area contributed by atoms with Crippen molar-refractivity contribution < 1.29 is 9.47 Å². The van der Waals surface area contributed by atoms with Gasteiger partial charge in [0.2, 0.25) is 0 Å². The van der Waals surface area contributed by atoms with Gasteiger partial charge in [0, 0.05) is 18.8 Å². The summed E-state index contributed by atoms with van der Waals surface area (Å²) >= 11 is 0. The molecule has 0 aliphatic heterocycles. The third-order valence-electron chi connectivity index (χ3n) is 2.62. The van der Waals surface area contributed by atoms with E-state index in [9.17, 15) is 0 Å². The van der Waals surface area contributed by atoms with Crippen molar-refractivity contribution in [2.24, 2.45) is 5.73 Å². The van der Waals surface area contributed by atoms with Crippen molar-refractivity contribution in [2.75, 3.05) is 6.61 Å². The highest BCUT2D eigenvalue weighted by atomic mass is 16.5. The summed E-state index contributed by atoms with van der Waals surface area (Å²) in [5.74, 6) is 1.59. The van der Waals surface area contributed by atoms with Crippen molar-refractivity contribution in [3.8, 4) is 11.5 Å². The molecular weight excluding hydrogens is 240 g/mol. The zero-order chi connectivity index (χ0) is 13.5. The molecule has 0 spiro atoms. The SMILES string of the molecule is CCOc1cccc(OCc2ccc(CN)cn2)c1. The molecule has 2 N–H and O–H groups in total. The molecule has 0 unspecified atom stereocenters. The predicted octanol–water partition coefficient (Wildman–Crippen LogP) is 2.52. The van der Waals surface area contributed by atoms with Crippen LogP contribution in [-0.2, 0) is 13.2 Å². The van der Waals surface area contributed by atoms with E-state index in [-0.39, 0.29) is 0 Å². The minimum absolute atomic E-state index is 0.431. The molecule has 2 aromatic rings. The molecule has 4 nitrogen and oxygen atoms in total. The Hall–Kier alpha value is -2.07. The van der Waals surface area contributed by atoms with Gasteiger partial charge in [-0.3, -0.25) is 4.98 Å². The molecule has 100 valence electrons. The molecule has 0 saturated carbocycles. The smallest absolute Gasteiger partial charge is 0.130 e. The first-order valence-electron chi connectivity index (χ1n) is 6.31. The molecule has 2 rings (SSSR count). The fourth-order valence-electron chi connectivity index (χ4n) is 1.64. The van der Waals surface area contributed by atoms with Crippen LogP contribution in [0, 0.1) is 0 Å². The third kappa shape index (κ3) is 3.96. The van der Waals surface area contributed by atoms with Gasteiger partial charge in [0.1, 0.15) is 18.1 Å². The van der Waals surface area contributed by atoms with E-state index in [0.29, 0.717) is 19.8 Å². The molecule has 19 heavy (non-hydrogen) atoms. The maximum absolute atomic E-state index is 5.68. The van der Waals surface area contributed by atoms with Gasteiger partial charge in [0.05, 0.1) is 12.3 Å². The Kier molecular flexibility index (Phi) is 4.75. The Morgan fingerprint density at radius 1 is 1.11 bits per heavy atom. The summed E-state index contributed by atoms with van der Waals surface area (Å²) in [6.45, 7) is 3.53. The topological polar surface area (TPSA) is 57.4 Å². The van der Waals surface area contributed by atoms with E-state index < -0.39 is 0 Å². The number of hydrogen-bond donors (Lipinski definition) is 1. The van der Waals surface area contributed by atoms with Gasteiger partial charge in [-0.05, 0) is 30.7 Å². The molecule has 0 atom stereocenters. The summed E-state index contributed by atoms with van der Waals surface area (Å²) in [7, 11) is 0. The Bertz CT molecular complexity index is 512. The number of ether oxygens (including phenoxy) is 2. The predicted molar refractivity (Wildman–Crippen MR) is 74.1 cm³/mol. The van der Waals surface area contributed by atoms with Gasteiger partial charge < -0.3 is 15.2 Å². The van der Waals surface area contributed by atoms with Crippen LogP contribution in [0.15, 0.2) is 42.6 Å². The quantitative estimate of drug-likeness (QED) is 0.865. The maximum atomic E-state index is 5.68. The van der Waals surface area contributed by atoms with Gasteiger partial charge in [-0.25, -0.2) is 0 Å². The number of nitrogens with zero attached hydrogens (tertiary/aromatic N) is 1. The minimum atomic E-state index is 0.431. The van der Waals surface area contributed by atoms with Crippen LogP contribution in [0.1, 0.15) is 18.2 Å². The van der Waals surface area contributed by atoms with Crippen LogP contribution in [0.5, 0.6) is 11.5 Å². The summed E-state index contributed by atoms with van der Waals surface area (Å²) in [6, 6.07) is 11.5. The van der Waals surface area contributed by atoms with Crippen LogP contribution < -0.4 is 15.2 Å². The average molecular weight is 258 g/mol. The molecule has 1 aromatic carbocycles. The second kappa shape index (κ2) is 6.75. The van der Waals surface area contributed by atoms with Gasteiger partial charge in [-0.15, -0.1) is 0 Å². The van der Waals surface area contributed by atoms with Gasteiger partial charge in [0.25, 0.3) is 0 Å². The molecule has 0 saturated heterocycles. The molecule has 1 aromatic heterocycles. The van der Waals surface area contributed by atoms with Crippen molar-refractivity contribution >= 4 is 0 Å². The lowest BCUT2D eigenvalue weighted by Gasteiger charge is -2.08. The monoisotopic (exact) mass is 258 g/mol. The highest BCUT2D eigenvalue weighted by Gasteiger charge is 2.00. The van der Waals surface area contributed by atoms with Gasteiger partial charge in [0.15, 0.2) is 0 Å². The summed E-state index contributed by atoms with van der Waals surface area (Å²) in [5.41, 5.74) is 7.41. The number of aromatic nitrogens is 1. The molecule has 0 aliphatic carbocycles. The largest absolute Gasteiger partial charge is 0.494 e. The summed E-state index contributed by atoms with van der Waals surface area (Å²) in [4.78, 5) is 4.29. The van der Waals surface area contributed by atoms with Crippen molar-refractivity contribution in [1.82, 2.24) is 4.98 Å². The first-order chi connectivity index (χ1) is 9.31. The number of rotatable bonds is 6. The molecular formula is C15H18N2O2. The lowest BCUT2D eigenvalue weighted by Crippen LogP contribution is -2.01. The Morgan fingerprint density at radius 2 is 1.89 bits per heavy atom. The van der Waals surface area contributed by atoms with E-state index in [4.69, 9.17) is 15.2 Å². The molecule has 0 radical (unpaired) electrons. The van der Waals surface area contributed by atoms with Crippen molar-refractivity contribution in [3.63, 3.8) is 0 Å². The highest BCUT2D eigenvalue weighted by molar-refractivity contribution is 5.33. The molecule has 0 fully saturated rings. The number of benzene rings is 1. The van der Waals surface area contributed by atoms with E-state index in [2.05, 4.69) is 4.98 Å². The van der Waals surface area contributed by atoms with E-state index in [1.165, 1.54) is 0 Å². The first kappa shape index (κ1) is 13.4. The van der Waals surface area contributed by atoms with E-state index in [1.807, 2.05) is 43.3 Å². The second-order valence-corrected chi connectivity index (χ2v) is 4.06. The average Bonchev–Trinajstić information content (AvgIpc) is 2.46. The maximum Gasteiger partial charge on any atom is 0.130 e. The van der Waals surface area contributed by atoms with Gasteiger partial charge in [-0.1, -0.05) is 12.1 Å². The summed E-state index contributed by atoms with van der Waals surface area (Å²) in [5, 5.41) is 0. The molecule has 0 amide bonds. The van der Waals surface area contributed by atoms with Crippen LogP contribution in [0.3, 0.4) is 0 Å². The van der Waals surface area contributed by atoms with E-state index >= 15 is 0 Å². The lowest BCUT2D eigenvalue weighted by atomic mass is 10.2. The van der Waals surface area contributed by atoms with Crippen LogP contribution in [0.4, 0.5) is 0 Å². The highest BCUT2D eigenvalue weighted by Crippen LogP contribution is 2.20. The minimum Gasteiger partial charge on any atom is -0.494 e. The van der Waals surface area contributed by atoms with Crippen LogP contribution in [0.2, 0.25) is 0 Å². The molecule has 0 bridgehead atoms. The summed E-state index contributed by atoms with van der Waals surface area (Å²) < 4.78 is 11.1. The fraction of sp³-hybridized carbons (Fsp3) is 0.267. The second-order valence-electron chi connectivity index (χ2n) is 4.06.